The second-order valence-corrected chi connectivity index (χ2v) is 3.79. The number of nitrogens with zero attached hydrogens (tertiary/aromatic N) is 1. The molecular formula is C12H8F3NO. The summed E-state index contributed by atoms with van der Waals surface area (Å²) >= 11 is 0. The van der Waals surface area contributed by atoms with Gasteiger partial charge in [-0.3, -0.25) is 0 Å². The van der Waals surface area contributed by atoms with Crippen LogP contribution < -0.4 is 4.74 Å². The van der Waals surface area contributed by atoms with E-state index in [-0.39, 0.29) is 5.75 Å². The van der Waals surface area contributed by atoms with Gasteiger partial charge in [-0.1, -0.05) is 12.1 Å². The largest absolute Gasteiger partial charge is 0.475 e. The number of alkyl halides is 3. The number of rotatable bonds is 0. The molecule has 2 nitrogen and oxygen atoms in total. The third-order valence-electron chi connectivity index (χ3n) is 2.43. The van der Waals surface area contributed by atoms with Crippen molar-refractivity contribution in [1.29, 1.82) is 5.26 Å². The number of hydrogen-bond acceptors (Lipinski definition) is 2. The number of nitriles is 1. The van der Waals surface area contributed by atoms with E-state index in [1.165, 1.54) is 18.2 Å². The number of fused-ring (bicyclic) bond motifs is 1. The Morgan fingerprint density at radius 1 is 1.35 bits per heavy atom. The molecule has 0 aliphatic carbocycles. The second kappa shape index (κ2) is 3.81. The summed E-state index contributed by atoms with van der Waals surface area (Å²) in [6, 6.07) is 6.44. The minimum absolute atomic E-state index is 0.159. The van der Waals surface area contributed by atoms with Crippen LogP contribution in [0.15, 0.2) is 23.8 Å². The van der Waals surface area contributed by atoms with E-state index >= 15 is 0 Å². The molecule has 0 saturated carbocycles. The quantitative estimate of drug-likeness (QED) is 0.696. The molecule has 1 heterocycles. The highest BCUT2D eigenvalue weighted by atomic mass is 19.4. The summed E-state index contributed by atoms with van der Waals surface area (Å²) < 4.78 is 42.8. The maximum absolute atomic E-state index is 12.7. The SMILES string of the molecule is Cc1ccc2c(c1)OC(C(F)(F)F)C(C#N)=C2. The van der Waals surface area contributed by atoms with Gasteiger partial charge in [0.25, 0.3) is 0 Å². The second-order valence-electron chi connectivity index (χ2n) is 3.79. The van der Waals surface area contributed by atoms with Gasteiger partial charge >= 0.3 is 6.18 Å². The maximum Gasteiger partial charge on any atom is 0.430 e. The molecule has 0 fully saturated rings. The molecule has 0 radical (unpaired) electrons. The van der Waals surface area contributed by atoms with Gasteiger partial charge in [-0.15, -0.1) is 0 Å². The van der Waals surface area contributed by atoms with E-state index in [1.54, 1.807) is 19.1 Å². The Morgan fingerprint density at radius 3 is 2.65 bits per heavy atom. The highest BCUT2D eigenvalue weighted by Gasteiger charge is 2.46. The van der Waals surface area contributed by atoms with Gasteiger partial charge in [-0.2, -0.15) is 18.4 Å². The lowest BCUT2D eigenvalue weighted by molar-refractivity contribution is -0.182. The summed E-state index contributed by atoms with van der Waals surface area (Å²) in [5, 5.41) is 8.71. The van der Waals surface area contributed by atoms with Gasteiger partial charge in [0, 0.05) is 5.56 Å². The van der Waals surface area contributed by atoms with Crippen molar-refractivity contribution in [2.45, 2.75) is 19.2 Å². The van der Waals surface area contributed by atoms with Crippen molar-refractivity contribution in [3.05, 3.63) is 34.9 Å². The summed E-state index contributed by atoms with van der Waals surface area (Å²) in [6.07, 6.45) is -5.53. The molecule has 2 rings (SSSR count). The Labute approximate surface area is 95.9 Å². The average molecular weight is 239 g/mol. The fourth-order valence-electron chi connectivity index (χ4n) is 1.63. The Morgan fingerprint density at radius 2 is 2.06 bits per heavy atom. The van der Waals surface area contributed by atoms with Gasteiger partial charge in [0.05, 0.1) is 11.6 Å². The Bertz CT molecular complexity index is 526. The molecule has 0 saturated heterocycles. The molecule has 1 aromatic carbocycles. The highest BCUT2D eigenvalue weighted by Crippen LogP contribution is 2.37. The van der Waals surface area contributed by atoms with E-state index in [2.05, 4.69) is 0 Å². The third-order valence-corrected chi connectivity index (χ3v) is 2.43. The number of halogens is 3. The van der Waals surface area contributed by atoms with Gasteiger partial charge in [-0.05, 0) is 24.6 Å². The van der Waals surface area contributed by atoms with Gasteiger partial charge in [0.2, 0.25) is 6.10 Å². The van der Waals surface area contributed by atoms with Crippen LogP contribution in [0, 0.1) is 18.3 Å². The summed E-state index contributed by atoms with van der Waals surface area (Å²) in [4.78, 5) is 0. The zero-order valence-electron chi connectivity index (χ0n) is 8.88. The van der Waals surface area contributed by atoms with Crippen LogP contribution in [0.4, 0.5) is 13.2 Å². The smallest absolute Gasteiger partial charge is 0.430 e. The number of ether oxygens (including phenoxy) is 1. The zero-order valence-corrected chi connectivity index (χ0v) is 8.88. The van der Waals surface area contributed by atoms with Crippen molar-refractivity contribution < 1.29 is 17.9 Å². The Balaban J connectivity index is 2.50. The molecule has 0 amide bonds. The van der Waals surface area contributed by atoms with E-state index < -0.39 is 17.9 Å². The van der Waals surface area contributed by atoms with Crippen LogP contribution in [0.5, 0.6) is 5.75 Å². The molecule has 88 valence electrons. The normalized spacial score (nSPS) is 18.8. The lowest BCUT2D eigenvalue weighted by atomic mass is 10.0. The Kier molecular flexibility index (Phi) is 2.58. The summed E-state index contributed by atoms with van der Waals surface area (Å²) in [5.74, 6) is 0.159. The van der Waals surface area contributed by atoms with Crippen molar-refractivity contribution in [1.82, 2.24) is 0 Å². The first kappa shape index (κ1) is 11.5. The van der Waals surface area contributed by atoms with Crippen LogP contribution in [0.2, 0.25) is 0 Å². The molecule has 0 N–H and O–H groups in total. The van der Waals surface area contributed by atoms with E-state index in [4.69, 9.17) is 10.00 Å². The van der Waals surface area contributed by atoms with Crippen molar-refractivity contribution in [3.8, 4) is 11.8 Å². The van der Waals surface area contributed by atoms with Crippen LogP contribution in [0.3, 0.4) is 0 Å². The summed E-state index contributed by atoms with van der Waals surface area (Å²) in [6.45, 7) is 1.76. The first-order valence-corrected chi connectivity index (χ1v) is 4.87. The van der Waals surface area contributed by atoms with E-state index in [9.17, 15) is 13.2 Å². The van der Waals surface area contributed by atoms with E-state index in [0.29, 0.717) is 5.56 Å². The summed E-state index contributed by atoms with van der Waals surface area (Å²) in [5.41, 5.74) is 0.875. The topological polar surface area (TPSA) is 33.0 Å². The zero-order chi connectivity index (χ0) is 12.6. The van der Waals surface area contributed by atoms with Crippen LogP contribution in [0.1, 0.15) is 11.1 Å². The minimum atomic E-state index is -4.58. The van der Waals surface area contributed by atoms with Crippen molar-refractivity contribution in [2.75, 3.05) is 0 Å². The van der Waals surface area contributed by atoms with Gasteiger partial charge < -0.3 is 4.74 Å². The number of benzene rings is 1. The fourth-order valence-corrected chi connectivity index (χ4v) is 1.63. The highest BCUT2D eigenvalue weighted by molar-refractivity contribution is 5.67. The fraction of sp³-hybridized carbons (Fsp3) is 0.250. The average Bonchev–Trinajstić information content (AvgIpc) is 2.26. The molecule has 5 heteroatoms. The molecule has 1 aliphatic heterocycles. The Hall–Kier alpha value is -1.96. The molecule has 0 aromatic heterocycles. The predicted octanol–water partition coefficient (Wildman–Crippen LogP) is 3.23. The monoisotopic (exact) mass is 239 g/mol. The van der Waals surface area contributed by atoms with E-state index in [1.807, 2.05) is 0 Å². The molecule has 1 atom stereocenters. The van der Waals surface area contributed by atoms with Gasteiger partial charge in [0.1, 0.15) is 5.75 Å². The lowest BCUT2D eigenvalue weighted by Crippen LogP contribution is -2.37. The van der Waals surface area contributed by atoms with Crippen LogP contribution in [-0.2, 0) is 0 Å². The summed E-state index contributed by atoms with van der Waals surface area (Å²) in [7, 11) is 0. The molecule has 1 aromatic rings. The minimum Gasteiger partial charge on any atom is -0.475 e. The first-order chi connectivity index (χ1) is 7.91. The molecule has 1 aliphatic rings. The molecule has 0 bridgehead atoms. The van der Waals surface area contributed by atoms with Crippen molar-refractivity contribution >= 4 is 6.08 Å². The molecule has 1 unspecified atom stereocenters. The van der Waals surface area contributed by atoms with Crippen molar-refractivity contribution in [2.24, 2.45) is 0 Å². The number of hydrogen-bond donors (Lipinski definition) is 0. The number of aryl methyl sites for hydroxylation is 1. The molecular weight excluding hydrogens is 231 g/mol. The first-order valence-electron chi connectivity index (χ1n) is 4.87. The van der Waals surface area contributed by atoms with Gasteiger partial charge in [-0.25, -0.2) is 0 Å². The third kappa shape index (κ3) is 2.11. The van der Waals surface area contributed by atoms with E-state index in [0.717, 1.165) is 5.56 Å². The van der Waals surface area contributed by atoms with Crippen LogP contribution in [-0.4, -0.2) is 12.3 Å². The van der Waals surface area contributed by atoms with Crippen molar-refractivity contribution in [3.63, 3.8) is 0 Å². The maximum atomic E-state index is 12.7. The van der Waals surface area contributed by atoms with Crippen LogP contribution >= 0.6 is 0 Å². The predicted molar refractivity (Wildman–Crippen MR) is 55.2 cm³/mol. The standard InChI is InChI=1S/C12H8F3NO/c1-7-2-3-8-5-9(6-16)11(12(13,14)15)17-10(8)4-7/h2-5,11H,1H3. The van der Waals surface area contributed by atoms with Gasteiger partial charge in [0.15, 0.2) is 0 Å². The van der Waals surface area contributed by atoms with Crippen LogP contribution in [0.25, 0.3) is 6.08 Å². The molecule has 17 heavy (non-hydrogen) atoms. The molecule has 0 spiro atoms. The lowest BCUT2D eigenvalue weighted by Gasteiger charge is -2.26.